The molecule has 4 rings (SSSR count). The topological polar surface area (TPSA) is 93.5 Å². The van der Waals surface area contributed by atoms with Crippen LogP contribution in [0, 0.1) is 11.7 Å². The van der Waals surface area contributed by atoms with Crippen molar-refractivity contribution in [3.63, 3.8) is 0 Å². The number of amides is 2. The van der Waals surface area contributed by atoms with E-state index in [1.54, 1.807) is 25.1 Å². The van der Waals surface area contributed by atoms with Gasteiger partial charge >= 0.3 is 5.97 Å². The largest absolute Gasteiger partial charge is 0.464 e. The summed E-state index contributed by atoms with van der Waals surface area (Å²) in [5.41, 5.74) is -0.881. The molecule has 176 valence electrons. The Hall–Kier alpha value is -3.23. The Morgan fingerprint density at radius 3 is 2.61 bits per heavy atom. The summed E-state index contributed by atoms with van der Waals surface area (Å²) < 4.78 is 20.6. The van der Waals surface area contributed by atoms with Crippen LogP contribution < -0.4 is 5.32 Å². The standard InChI is InChI=1S/C24H29FN4O4/c1-15-8-10-17(11-9-15)26-23(32)24(2)14-29-20(12-19(27-29)22(31)33-3)21(30)28(24)13-16-6-4-5-7-18(16)25/h4-7,12,15,17H,8-11,13-14H2,1-3H3,(H,26,32)/t15?,17?,24-/m0/s1. The summed E-state index contributed by atoms with van der Waals surface area (Å²) in [5.74, 6) is -1.31. The number of fused-ring (bicyclic) bond motifs is 1. The van der Waals surface area contributed by atoms with Gasteiger partial charge in [-0.05, 0) is 44.6 Å². The van der Waals surface area contributed by atoms with Crippen LogP contribution in [-0.4, -0.2) is 51.2 Å². The van der Waals surface area contributed by atoms with Gasteiger partial charge in [0.15, 0.2) is 5.69 Å². The van der Waals surface area contributed by atoms with Crippen molar-refractivity contribution in [2.24, 2.45) is 5.92 Å². The molecular formula is C24H29FN4O4. The highest BCUT2D eigenvalue weighted by atomic mass is 19.1. The Balaban J connectivity index is 1.68. The molecule has 0 saturated heterocycles. The molecule has 1 aromatic heterocycles. The molecule has 1 aromatic carbocycles. The van der Waals surface area contributed by atoms with Gasteiger partial charge in [-0.3, -0.25) is 14.3 Å². The van der Waals surface area contributed by atoms with Crippen molar-refractivity contribution in [3.05, 3.63) is 53.1 Å². The Labute approximate surface area is 192 Å². The van der Waals surface area contributed by atoms with Gasteiger partial charge in [0.05, 0.1) is 20.2 Å². The second-order valence-electron chi connectivity index (χ2n) is 9.25. The molecule has 8 nitrogen and oxygen atoms in total. The van der Waals surface area contributed by atoms with Crippen LogP contribution in [0.2, 0.25) is 0 Å². The van der Waals surface area contributed by atoms with Gasteiger partial charge in [0, 0.05) is 17.7 Å². The van der Waals surface area contributed by atoms with Crippen molar-refractivity contribution in [2.75, 3.05) is 7.11 Å². The summed E-state index contributed by atoms with van der Waals surface area (Å²) in [6.07, 6.45) is 3.82. The number of carbonyl (C=O) groups excluding carboxylic acids is 3. The van der Waals surface area contributed by atoms with Crippen molar-refractivity contribution in [1.29, 1.82) is 0 Å². The number of hydrogen-bond donors (Lipinski definition) is 1. The minimum Gasteiger partial charge on any atom is -0.464 e. The number of aromatic nitrogens is 2. The Morgan fingerprint density at radius 2 is 1.94 bits per heavy atom. The van der Waals surface area contributed by atoms with Gasteiger partial charge in [0.1, 0.15) is 17.1 Å². The first-order chi connectivity index (χ1) is 15.7. The molecule has 0 radical (unpaired) electrons. The second-order valence-corrected chi connectivity index (χ2v) is 9.25. The number of rotatable bonds is 5. The molecule has 33 heavy (non-hydrogen) atoms. The zero-order valence-corrected chi connectivity index (χ0v) is 19.1. The monoisotopic (exact) mass is 456 g/mol. The molecular weight excluding hydrogens is 427 g/mol. The van der Waals surface area contributed by atoms with Gasteiger partial charge in [0.2, 0.25) is 5.91 Å². The van der Waals surface area contributed by atoms with E-state index in [2.05, 4.69) is 17.3 Å². The van der Waals surface area contributed by atoms with Gasteiger partial charge in [-0.1, -0.05) is 25.1 Å². The van der Waals surface area contributed by atoms with Crippen LogP contribution >= 0.6 is 0 Å². The van der Waals surface area contributed by atoms with E-state index in [0.29, 0.717) is 11.5 Å². The summed E-state index contributed by atoms with van der Waals surface area (Å²) in [6, 6.07) is 7.56. The lowest BCUT2D eigenvalue weighted by molar-refractivity contribution is -0.134. The van der Waals surface area contributed by atoms with Crippen LogP contribution in [0.15, 0.2) is 30.3 Å². The lowest BCUT2D eigenvalue weighted by Crippen LogP contribution is -2.64. The predicted octanol–water partition coefficient (Wildman–Crippen LogP) is 2.92. The molecule has 1 saturated carbocycles. The lowest BCUT2D eigenvalue weighted by Gasteiger charge is -2.44. The predicted molar refractivity (Wildman–Crippen MR) is 118 cm³/mol. The summed E-state index contributed by atoms with van der Waals surface area (Å²) in [4.78, 5) is 40.5. The molecule has 2 amide bonds. The molecule has 1 fully saturated rings. The van der Waals surface area contributed by atoms with Crippen molar-refractivity contribution in [1.82, 2.24) is 20.0 Å². The number of benzene rings is 1. The molecule has 1 aliphatic carbocycles. The number of nitrogens with one attached hydrogen (secondary N) is 1. The molecule has 1 atom stereocenters. The molecule has 2 aromatic rings. The highest BCUT2D eigenvalue weighted by Gasteiger charge is 2.49. The smallest absolute Gasteiger partial charge is 0.358 e. The lowest BCUT2D eigenvalue weighted by atomic mass is 9.86. The molecule has 2 aliphatic rings. The van der Waals surface area contributed by atoms with E-state index < -0.39 is 23.2 Å². The van der Waals surface area contributed by atoms with E-state index >= 15 is 0 Å². The van der Waals surface area contributed by atoms with Gasteiger partial charge in [-0.25, -0.2) is 9.18 Å². The number of ether oxygens (including phenoxy) is 1. The third-order valence-electron chi connectivity index (χ3n) is 6.82. The molecule has 0 spiro atoms. The molecule has 1 aliphatic heterocycles. The number of methoxy groups -OCH3 is 1. The average molecular weight is 457 g/mol. The number of halogens is 1. The fourth-order valence-corrected chi connectivity index (χ4v) is 4.64. The van der Waals surface area contributed by atoms with Crippen LogP contribution in [-0.2, 0) is 22.6 Å². The van der Waals surface area contributed by atoms with Crippen LogP contribution in [0.25, 0.3) is 0 Å². The van der Waals surface area contributed by atoms with E-state index in [0.717, 1.165) is 25.7 Å². The summed E-state index contributed by atoms with van der Waals surface area (Å²) in [7, 11) is 1.23. The average Bonchev–Trinajstić information content (AvgIpc) is 3.22. The van der Waals surface area contributed by atoms with E-state index in [9.17, 15) is 18.8 Å². The van der Waals surface area contributed by atoms with Crippen molar-refractivity contribution >= 4 is 17.8 Å². The SMILES string of the molecule is COC(=O)c1cc2n(n1)C[C@@](C)(C(=O)NC1CCC(C)CC1)N(Cc1ccccc1F)C2=O. The fraction of sp³-hybridized carbons (Fsp3) is 0.500. The number of esters is 1. The maximum atomic E-state index is 14.5. The minimum absolute atomic E-state index is 0.0161. The zero-order chi connectivity index (χ0) is 23.8. The Bertz CT molecular complexity index is 1080. The molecule has 9 heteroatoms. The molecule has 1 N–H and O–H groups in total. The minimum atomic E-state index is -1.32. The summed E-state index contributed by atoms with van der Waals surface area (Å²) >= 11 is 0. The van der Waals surface area contributed by atoms with Gasteiger partial charge in [0.25, 0.3) is 5.91 Å². The van der Waals surface area contributed by atoms with Crippen molar-refractivity contribution < 1.29 is 23.5 Å². The maximum absolute atomic E-state index is 14.5. The number of carbonyl (C=O) groups is 3. The van der Waals surface area contributed by atoms with Crippen molar-refractivity contribution in [3.8, 4) is 0 Å². The zero-order valence-electron chi connectivity index (χ0n) is 19.1. The first kappa shape index (κ1) is 22.9. The maximum Gasteiger partial charge on any atom is 0.358 e. The third kappa shape index (κ3) is 4.36. The molecule has 0 unspecified atom stereocenters. The summed E-state index contributed by atoms with van der Waals surface area (Å²) in [6.45, 7) is 3.81. The Kier molecular flexibility index (Phi) is 6.23. The van der Waals surface area contributed by atoms with Crippen LogP contribution in [0.5, 0.6) is 0 Å². The van der Waals surface area contributed by atoms with Crippen LogP contribution in [0.3, 0.4) is 0 Å². The Morgan fingerprint density at radius 1 is 1.24 bits per heavy atom. The first-order valence-electron chi connectivity index (χ1n) is 11.3. The second kappa shape index (κ2) is 8.96. The molecule has 0 bridgehead atoms. The number of nitrogens with zero attached hydrogens (tertiary/aromatic N) is 3. The van der Waals surface area contributed by atoms with E-state index in [-0.39, 0.29) is 36.4 Å². The van der Waals surface area contributed by atoms with Gasteiger partial charge < -0.3 is 15.0 Å². The van der Waals surface area contributed by atoms with Crippen LogP contribution in [0.1, 0.15) is 66.1 Å². The van der Waals surface area contributed by atoms with E-state index in [1.165, 1.54) is 28.8 Å². The first-order valence-corrected chi connectivity index (χ1v) is 11.3. The van der Waals surface area contributed by atoms with E-state index in [1.807, 2.05) is 0 Å². The normalized spacial score (nSPS) is 24.8. The highest BCUT2D eigenvalue weighted by Crippen LogP contribution is 2.31. The molecule has 2 heterocycles. The quantitative estimate of drug-likeness (QED) is 0.699. The van der Waals surface area contributed by atoms with Crippen LogP contribution in [0.4, 0.5) is 4.39 Å². The van der Waals surface area contributed by atoms with Gasteiger partial charge in [-0.15, -0.1) is 0 Å². The third-order valence-corrected chi connectivity index (χ3v) is 6.82. The van der Waals surface area contributed by atoms with Gasteiger partial charge in [-0.2, -0.15) is 5.10 Å². The van der Waals surface area contributed by atoms with E-state index in [4.69, 9.17) is 4.74 Å². The van der Waals surface area contributed by atoms with Crippen molar-refractivity contribution in [2.45, 2.75) is 64.2 Å². The number of hydrogen-bond acceptors (Lipinski definition) is 5. The summed E-state index contributed by atoms with van der Waals surface area (Å²) in [5, 5.41) is 7.32. The fourth-order valence-electron chi connectivity index (χ4n) is 4.64. The highest BCUT2D eigenvalue weighted by molar-refractivity contribution is 6.01.